The van der Waals surface area contributed by atoms with E-state index >= 15 is 0 Å². The molecular formula is C16H11N3. The van der Waals surface area contributed by atoms with Crippen molar-refractivity contribution in [3.8, 4) is 17.2 Å². The summed E-state index contributed by atoms with van der Waals surface area (Å²) in [4.78, 5) is 4.13. The summed E-state index contributed by atoms with van der Waals surface area (Å²) in [6, 6.07) is 15.6. The van der Waals surface area contributed by atoms with E-state index < -0.39 is 0 Å². The SMILES string of the molecule is N#Cc1ccc(-c2cnccc2N)c2ccccc12. The minimum absolute atomic E-state index is 0.668. The number of nitrogen functional groups attached to an aromatic ring is 1. The van der Waals surface area contributed by atoms with E-state index in [9.17, 15) is 0 Å². The number of fused-ring (bicyclic) bond motifs is 1. The molecule has 90 valence electrons. The van der Waals surface area contributed by atoms with Crippen molar-refractivity contribution in [1.29, 1.82) is 5.26 Å². The van der Waals surface area contributed by atoms with E-state index in [1.807, 2.05) is 36.4 Å². The van der Waals surface area contributed by atoms with Gasteiger partial charge in [-0.2, -0.15) is 5.26 Å². The first-order valence-corrected chi connectivity index (χ1v) is 5.93. The van der Waals surface area contributed by atoms with E-state index in [1.54, 1.807) is 18.5 Å². The molecule has 3 rings (SSSR count). The fourth-order valence-corrected chi connectivity index (χ4v) is 2.26. The third-order valence-corrected chi connectivity index (χ3v) is 3.19. The van der Waals surface area contributed by atoms with E-state index in [-0.39, 0.29) is 0 Å². The summed E-state index contributed by atoms with van der Waals surface area (Å²) in [6.07, 6.45) is 3.42. The zero-order valence-electron chi connectivity index (χ0n) is 10.2. The summed E-state index contributed by atoms with van der Waals surface area (Å²) < 4.78 is 0. The maximum absolute atomic E-state index is 9.16. The highest BCUT2D eigenvalue weighted by molar-refractivity contribution is 6.01. The van der Waals surface area contributed by atoms with E-state index in [2.05, 4.69) is 11.1 Å². The quantitative estimate of drug-likeness (QED) is 0.715. The maximum atomic E-state index is 9.16. The second kappa shape index (κ2) is 4.43. The van der Waals surface area contributed by atoms with E-state index in [0.29, 0.717) is 11.3 Å². The minimum atomic E-state index is 0.668. The van der Waals surface area contributed by atoms with Crippen molar-refractivity contribution in [3.05, 3.63) is 60.4 Å². The first-order chi connectivity index (χ1) is 9.31. The molecule has 0 bridgehead atoms. The number of hydrogen-bond acceptors (Lipinski definition) is 3. The van der Waals surface area contributed by atoms with Crippen LogP contribution in [-0.2, 0) is 0 Å². The van der Waals surface area contributed by atoms with E-state index in [1.165, 1.54) is 0 Å². The molecule has 2 aromatic carbocycles. The lowest BCUT2D eigenvalue weighted by atomic mass is 9.95. The van der Waals surface area contributed by atoms with Gasteiger partial charge in [0.1, 0.15) is 0 Å². The van der Waals surface area contributed by atoms with Crippen LogP contribution in [0.5, 0.6) is 0 Å². The number of nitrogens with two attached hydrogens (primary N) is 1. The molecule has 19 heavy (non-hydrogen) atoms. The number of hydrogen-bond donors (Lipinski definition) is 1. The number of nitriles is 1. The van der Waals surface area contributed by atoms with Crippen molar-refractivity contribution < 1.29 is 0 Å². The van der Waals surface area contributed by atoms with Gasteiger partial charge in [0, 0.05) is 29.0 Å². The zero-order chi connectivity index (χ0) is 13.2. The third kappa shape index (κ3) is 1.80. The molecule has 0 radical (unpaired) electrons. The Labute approximate surface area is 110 Å². The van der Waals surface area contributed by atoms with Crippen LogP contribution in [0, 0.1) is 11.3 Å². The monoisotopic (exact) mass is 245 g/mol. The summed E-state index contributed by atoms with van der Waals surface area (Å²) in [5.74, 6) is 0. The molecule has 0 aliphatic heterocycles. The van der Waals surface area contributed by atoms with Gasteiger partial charge >= 0.3 is 0 Å². The summed E-state index contributed by atoms with van der Waals surface area (Å²) in [5, 5.41) is 11.1. The molecule has 0 fully saturated rings. The van der Waals surface area contributed by atoms with Crippen LogP contribution >= 0.6 is 0 Å². The smallest absolute Gasteiger partial charge is 0.0998 e. The Bertz CT molecular complexity index is 800. The maximum Gasteiger partial charge on any atom is 0.0998 e. The van der Waals surface area contributed by atoms with Gasteiger partial charge in [-0.15, -0.1) is 0 Å². The number of benzene rings is 2. The molecule has 0 saturated carbocycles. The molecule has 1 aromatic heterocycles. The predicted octanol–water partition coefficient (Wildman–Crippen LogP) is 3.36. The van der Waals surface area contributed by atoms with Gasteiger partial charge < -0.3 is 5.73 Å². The molecule has 0 saturated heterocycles. The fourth-order valence-electron chi connectivity index (χ4n) is 2.26. The largest absolute Gasteiger partial charge is 0.398 e. The Morgan fingerprint density at radius 3 is 2.47 bits per heavy atom. The second-order valence-electron chi connectivity index (χ2n) is 4.28. The highest BCUT2D eigenvalue weighted by Crippen LogP contribution is 2.33. The van der Waals surface area contributed by atoms with Gasteiger partial charge in [0.2, 0.25) is 0 Å². The number of aromatic nitrogens is 1. The molecule has 0 spiro atoms. The molecule has 3 aromatic rings. The van der Waals surface area contributed by atoms with Gasteiger partial charge in [0.25, 0.3) is 0 Å². The van der Waals surface area contributed by atoms with Crippen molar-refractivity contribution >= 4 is 16.5 Å². The Hall–Kier alpha value is -2.86. The van der Waals surface area contributed by atoms with Crippen molar-refractivity contribution in [2.75, 3.05) is 5.73 Å². The van der Waals surface area contributed by atoms with Crippen LogP contribution in [0.15, 0.2) is 54.9 Å². The Morgan fingerprint density at radius 1 is 0.947 bits per heavy atom. The summed E-state index contributed by atoms with van der Waals surface area (Å²) in [7, 11) is 0. The van der Waals surface area contributed by atoms with Gasteiger partial charge in [-0.25, -0.2) is 0 Å². The van der Waals surface area contributed by atoms with Gasteiger partial charge in [-0.3, -0.25) is 4.98 Å². The first-order valence-electron chi connectivity index (χ1n) is 5.93. The number of anilines is 1. The van der Waals surface area contributed by atoms with Crippen LogP contribution in [0.4, 0.5) is 5.69 Å². The molecule has 3 heteroatoms. The van der Waals surface area contributed by atoms with Crippen molar-refractivity contribution in [2.24, 2.45) is 0 Å². The summed E-state index contributed by atoms with van der Waals surface area (Å²) in [5.41, 5.74) is 9.25. The molecule has 0 aliphatic carbocycles. The zero-order valence-corrected chi connectivity index (χ0v) is 10.2. The van der Waals surface area contributed by atoms with E-state index in [4.69, 9.17) is 11.0 Å². The van der Waals surface area contributed by atoms with Crippen LogP contribution in [0.25, 0.3) is 21.9 Å². The molecule has 0 aliphatic rings. The standard InChI is InChI=1S/C16H11N3/c17-9-11-5-6-14(13-4-2-1-3-12(11)13)15-10-19-8-7-16(15)18/h1-8,10H,(H2,18,19). The third-order valence-electron chi connectivity index (χ3n) is 3.19. The lowest BCUT2D eigenvalue weighted by molar-refractivity contribution is 1.33. The minimum Gasteiger partial charge on any atom is -0.398 e. The molecule has 0 atom stereocenters. The number of nitrogens with zero attached hydrogens (tertiary/aromatic N) is 2. The number of rotatable bonds is 1. The topological polar surface area (TPSA) is 62.7 Å². The predicted molar refractivity (Wildman–Crippen MR) is 76.3 cm³/mol. The van der Waals surface area contributed by atoms with Crippen LogP contribution in [0.3, 0.4) is 0 Å². The summed E-state index contributed by atoms with van der Waals surface area (Å²) >= 11 is 0. The van der Waals surface area contributed by atoms with Crippen LogP contribution in [0.2, 0.25) is 0 Å². The normalized spacial score (nSPS) is 10.3. The second-order valence-corrected chi connectivity index (χ2v) is 4.28. The lowest BCUT2D eigenvalue weighted by Crippen LogP contribution is -1.92. The van der Waals surface area contributed by atoms with Gasteiger partial charge in [0.05, 0.1) is 11.6 Å². The van der Waals surface area contributed by atoms with Gasteiger partial charge in [-0.05, 0) is 23.1 Å². The van der Waals surface area contributed by atoms with Crippen LogP contribution in [-0.4, -0.2) is 4.98 Å². The van der Waals surface area contributed by atoms with Crippen molar-refractivity contribution in [3.63, 3.8) is 0 Å². The molecular weight excluding hydrogens is 234 g/mol. The Morgan fingerprint density at radius 2 is 1.74 bits per heavy atom. The molecule has 0 unspecified atom stereocenters. The van der Waals surface area contributed by atoms with E-state index in [0.717, 1.165) is 21.9 Å². The van der Waals surface area contributed by atoms with Crippen molar-refractivity contribution in [1.82, 2.24) is 4.98 Å². The first kappa shape index (κ1) is 11.2. The highest BCUT2D eigenvalue weighted by Gasteiger charge is 2.09. The average Bonchev–Trinajstić information content (AvgIpc) is 2.47. The number of pyridine rings is 1. The highest BCUT2D eigenvalue weighted by atomic mass is 14.7. The van der Waals surface area contributed by atoms with Gasteiger partial charge in [-0.1, -0.05) is 30.3 Å². The van der Waals surface area contributed by atoms with Crippen LogP contribution < -0.4 is 5.73 Å². The lowest BCUT2D eigenvalue weighted by Gasteiger charge is -2.09. The molecule has 1 heterocycles. The van der Waals surface area contributed by atoms with Crippen molar-refractivity contribution in [2.45, 2.75) is 0 Å². The Balaban J connectivity index is 2.39. The Kier molecular flexibility index (Phi) is 2.62. The molecule has 0 amide bonds. The average molecular weight is 245 g/mol. The van der Waals surface area contributed by atoms with Crippen LogP contribution in [0.1, 0.15) is 5.56 Å². The van der Waals surface area contributed by atoms with Gasteiger partial charge in [0.15, 0.2) is 0 Å². The summed E-state index contributed by atoms with van der Waals surface area (Å²) in [6.45, 7) is 0. The molecule has 2 N–H and O–H groups in total. The molecule has 3 nitrogen and oxygen atoms in total. The fraction of sp³-hybridized carbons (Fsp3) is 0.